The van der Waals surface area contributed by atoms with Crippen LogP contribution in [0.5, 0.6) is 28.7 Å². The van der Waals surface area contributed by atoms with Crippen LogP contribution in [0.4, 0.5) is 0 Å². The molecule has 2 aliphatic rings. The smallest absolute Gasteiger partial charge is 0.227 e. The second-order valence-electron chi connectivity index (χ2n) is 7.93. The number of rotatable bonds is 7. The van der Waals surface area contributed by atoms with Gasteiger partial charge in [-0.05, 0) is 23.8 Å². The molecular formula is C24H29ClN2O6. The molecule has 2 aromatic rings. The van der Waals surface area contributed by atoms with Gasteiger partial charge >= 0.3 is 0 Å². The highest BCUT2D eigenvalue weighted by atomic mass is 35.5. The minimum Gasteiger partial charge on any atom is -0.493 e. The quantitative estimate of drug-likeness (QED) is 0.608. The minimum atomic E-state index is 0.0751. The lowest BCUT2D eigenvalue weighted by atomic mass is 10.1. The molecule has 1 amide bonds. The number of methoxy groups -OCH3 is 3. The lowest BCUT2D eigenvalue weighted by Crippen LogP contribution is -2.48. The first-order valence-electron chi connectivity index (χ1n) is 10.9. The molecule has 0 spiro atoms. The fourth-order valence-electron chi connectivity index (χ4n) is 4.24. The highest BCUT2D eigenvalue weighted by Gasteiger charge is 2.25. The molecule has 9 heteroatoms. The van der Waals surface area contributed by atoms with Crippen molar-refractivity contribution in [2.45, 2.75) is 13.0 Å². The summed E-state index contributed by atoms with van der Waals surface area (Å²) >= 11 is 6.31. The molecule has 1 saturated heterocycles. The van der Waals surface area contributed by atoms with E-state index in [1.54, 1.807) is 27.4 Å². The van der Waals surface area contributed by atoms with Gasteiger partial charge in [-0.3, -0.25) is 9.69 Å². The van der Waals surface area contributed by atoms with E-state index >= 15 is 0 Å². The Morgan fingerprint density at radius 2 is 1.70 bits per heavy atom. The molecular weight excluding hydrogens is 448 g/mol. The van der Waals surface area contributed by atoms with E-state index in [-0.39, 0.29) is 12.3 Å². The first-order valence-corrected chi connectivity index (χ1v) is 11.3. The van der Waals surface area contributed by atoms with Crippen molar-refractivity contribution in [3.63, 3.8) is 0 Å². The third-order valence-electron chi connectivity index (χ3n) is 5.92. The number of fused-ring (bicyclic) bond motifs is 1. The second-order valence-corrected chi connectivity index (χ2v) is 8.34. The first kappa shape index (κ1) is 23.3. The summed E-state index contributed by atoms with van der Waals surface area (Å²) in [6.45, 7) is 4.51. The molecule has 0 unspecified atom stereocenters. The average molecular weight is 477 g/mol. The number of hydrogen-bond acceptors (Lipinski definition) is 7. The van der Waals surface area contributed by atoms with Gasteiger partial charge in [0.1, 0.15) is 13.2 Å². The number of amides is 1. The topological polar surface area (TPSA) is 69.7 Å². The fraction of sp³-hybridized carbons (Fsp3) is 0.458. The lowest BCUT2D eigenvalue weighted by molar-refractivity contribution is -0.132. The van der Waals surface area contributed by atoms with Crippen LogP contribution >= 0.6 is 11.6 Å². The Kier molecular flexibility index (Phi) is 7.35. The number of piperazine rings is 1. The van der Waals surface area contributed by atoms with Gasteiger partial charge in [0.2, 0.25) is 11.7 Å². The Morgan fingerprint density at radius 1 is 0.970 bits per heavy atom. The van der Waals surface area contributed by atoms with E-state index in [4.69, 9.17) is 35.3 Å². The van der Waals surface area contributed by atoms with Crippen molar-refractivity contribution in [3.05, 3.63) is 40.4 Å². The van der Waals surface area contributed by atoms with E-state index in [1.807, 2.05) is 23.1 Å². The summed E-state index contributed by atoms with van der Waals surface area (Å²) in [5, 5.41) is 0.476. The SMILES string of the molecule is COc1ccc(CN2CCN(C(=O)Cc3cc(Cl)c4c(c3)OCCO4)CC2)c(OC)c1OC. The third-order valence-corrected chi connectivity index (χ3v) is 6.20. The maximum Gasteiger partial charge on any atom is 0.227 e. The molecule has 8 nitrogen and oxygen atoms in total. The van der Waals surface area contributed by atoms with Crippen molar-refractivity contribution >= 4 is 17.5 Å². The number of hydrogen-bond donors (Lipinski definition) is 0. The molecule has 4 rings (SSSR count). The van der Waals surface area contributed by atoms with Crippen molar-refractivity contribution < 1.29 is 28.5 Å². The van der Waals surface area contributed by atoms with Crippen LogP contribution in [0.2, 0.25) is 5.02 Å². The molecule has 2 heterocycles. The zero-order valence-electron chi connectivity index (χ0n) is 19.2. The van der Waals surface area contributed by atoms with E-state index in [0.717, 1.165) is 24.2 Å². The summed E-state index contributed by atoms with van der Waals surface area (Å²) in [4.78, 5) is 17.1. The Morgan fingerprint density at radius 3 is 2.39 bits per heavy atom. The second kappa shape index (κ2) is 10.4. The maximum absolute atomic E-state index is 12.9. The molecule has 0 aromatic heterocycles. The van der Waals surface area contributed by atoms with Crippen molar-refractivity contribution in [2.24, 2.45) is 0 Å². The zero-order valence-corrected chi connectivity index (χ0v) is 19.9. The van der Waals surface area contributed by atoms with E-state index in [2.05, 4.69) is 4.90 Å². The van der Waals surface area contributed by atoms with Crippen LogP contribution in [0, 0.1) is 0 Å². The van der Waals surface area contributed by atoms with Crippen LogP contribution in [0.25, 0.3) is 0 Å². The van der Waals surface area contributed by atoms with Crippen molar-refractivity contribution in [1.29, 1.82) is 0 Å². The van der Waals surface area contributed by atoms with Crippen LogP contribution in [0.1, 0.15) is 11.1 Å². The summed E-state index contributed by atoms with van der Waals surface area (Å²) in [5.74, 6) is 3.12. The summed E-state index contributed by atoms with van der Waals surface area (Å²) in [7, 11) is 4.83. The fourth-order valence-corrected chi connectivity index (χ4v) is 4.52. The van der Waals surface area contributed by atoms with Gasteiger partial charge in [-0.1, -0.05) is 17.7 Å². The molecule has 0 saturated carbocycles. The van der Waals surface area contributed by atoms with Crippen molar-refractivity contribution in [1.82, 2.24) is 9.80 Å². The maximum atomic E-state index is 12.9. The van der Waals surface area contributed by atoms with Crippen LogP contribution in [-0.2, 0) is 17.8 Å². The van der Waals surface area contributed by atoms with Gasteiger partial charge in [-0.15, -0.1) is 0 Å². The van der Waals surface area contributed by atoms with Gasteiger partial charge in [0, 0.05) is 38.3 Å². The zero-order chi connectivity index (χ0) is 23.4. The molecule has 178 valence electrons. The van der Waals surface area contributed by atoms with Gasteiger partial charge in [0.15, 0.2) is 23.0 Å². The van der Waals surface area contributed by atoms with Gasteiger partial charge in [0.05, 0.1) is 32.8 Å². The Labute approximate surface area is 198 Å². The highest BCUT2D eigenvalue weighted by Crippen LogP contribution is 2.40. The molecule has 0 aliphatic carbocycles. The Balaban J connectivity index is 1.36. The summed E-state index contributed by atoms with van der Waals surface area (Å²) in [5.41, 5.74) is 1.84. The molecule has 1 fully saturated rings. The first-order chi connectivity index (χ1) is 16.0. The van der Waals surface area contributed by atoms with Crippen molar-refractivity contribution in [2.75, 3.05) is 60.7 Å². The van der Waals surface area contributed by atoms with E-state index in [9.17, 15) is 4.79 Å². The van der Waals surface area contributed by atoms with Crippen LogP contribution in [0.15, 0.2) is 24.3 Å². The van der Waals surface area contributed by atoms with Crippen LogP contribution in [0.3, 0.4) is 0 Å². The van der Waals surface area contributed by atoms with Gasteiger partial charge in [0.25, 0.3) is 0 Å². The Bertz CT molecular complexity index is 1010. The standard InChI is InChI=1S/C24H29ClN2O6/c1-29-19-5-4-17(22(30-2)24(19)31-3)15-26-6-8-27(9-7-26)21(28)14-16-12-18(25)23-20(13-16)32-10-11-33-23/h4-5,12-13H,6-11,14-15H2,1-3H3. The summed E-state index contributed by atoms with van der Waals surface area (Å²) < 4.78 is 27.6. The molecule has 0 bridgehead atoms. The number of ether oxygens (including phenoxy) is 5. The molecule has 2 aliphatic heterocycles. The number of halogens is 1. The lowest BCUT2D eigenvalue weighted by Gasteiger charge is -2.35. The molecule has 0 atom stereocenters. The van der Waals surface area contributed by atoms with Crippen LogP contribution in [-0.4, -0.2) is 76.4 Å². The van der Waals surface area contributed by atoms with Gasteiger partial charge in [-0.25, -0.2) is 0 Å². The normalized spacial score (nSPS) is 15.8. The molecule has 2 aromatic carbocycles. The van der Waals surface area contributed by atoms with Crippen molar-refractivity contribution in [3.8, 4) is 28.7 Å². The number of nitrogens with zero attached hydrogens (tertiary/aromatic N) is 2. The number of benzene rings is 2. The van der Waals surface area contributed by atoms with Gasteiger partial charge < -0.3 is 28.6 Å². The van der Waals surface area contributed by atoms with E-state index in [1.165, 1.54) is 0 Å². The molecule has 33 heavy (non-hydrogen) atoms. The highest BCUT2D eigenvalue weighted by molar-refractivity contribution is 6.32. The third kappa shape index (κ3) is 5.07. The van der Waals surface area contributed by atoms with E-state index < -0.39 is 0 Å². The molecule has 0 N–H and O–H groups in total. The predicted molar refractivity (Wildman–Crippen MR) is 124 cm³/mol. The number of carbonyl (C=O) groups is 1. The monoisotopic (exact) mass is 476 g/mol. The Hall–Kier alpha value is -2.84. The predicted octanol–water partition coefficient (Wildman–Crippen LogP) is 3.02. The summed E-state index contributed by atoms with van der Waals surface area (Å²) in [6, 6.07) is 7.50. The number of carbonyl (C=O) groups excluding carboxylic acids is 1. The van der Waals surface area contributed by atoms with E-state index in [0.29, 0.717) is 66.6 Å². The average Bonchev–Trinajstić information content (AvgIpc) is 2.84. The molecule has 0 radical (unpaired) electrons. The van der Waals surface area contributed by atoms with Gasteiger partial charge in [-0.2, -0.15) is 0 Å². The minimum absolute atomic E-state index is 0.0751. The summed E-state index contributed by atoms with van der Waals surface area (Å²) in [6.07, 6.45) is 0.278. The largest absolute Gasteiger partial charge is 0.493 e. The van der Waals surface area contributed by atoms with Crippen LogP contribution < -0.4 is 23.7 Å².